The number of carbonyl (C=O) groups is 4. The average molecular weight is 324 g/mol. The number of rotatable bonds is 4. The first-order valence-corrected chi connectivity index (χ1v) is 5.03. The van der Waals surface area contributed by atoms with Gasteiger partial charge < -0.3 is 30.4 Å². The molecule has 0 heterocycles. The molecule has 0 aromatic rings. The van der Waals surface area contributed by atoms with Crippen LogP contribution in [0.15, 0.2) is 0 Å². The van der Waals surface area contributed by atoms with Crippen molar-refractivity contribution in [1.82, 2.24) is 10.6 Å². The molecule has 0 aliphatic rings. The van der Waals surface area contributed by atoms with E-state index in [9.17, 15) is 29.4 Å². The van der Waals surface area contributed by atoms with Crippen molar-refractivity contribution in [2.45, 2.75) is 39.8 Å². The fraction of sp³-hybridized carbons (Fsp3) is 0.600. The Balaban J connectivity index is -0.000000256. The third kappa shape index (κ3) is 16.4. The van der Waals surface area contributed by atoms with Crippen molar-refractivity contribution in [3.8, 4) is 0 Å². The third-order valence-electron chi connectivity index (χ3n) is 1.55. The third-order valence-corrected chi connectivity index (χ3v) is 1.55. The smallest absolute Gasteiger partial charge is 0.548 e. The molecule has 0 aromatic heterocycles. The Morgan fingerprint density at radius 3 is 1.05 bits per heavy atom. The van der Waals surface area contributed by atoms with Crippen LogP contribution in [0.3, 0.4) is 0 Å². The summed E-state index contributed by atoms with van der Waals surface area (Å²) in [5.41, 5.74) is 0. The summed E-state index contributed by atoms with van der Waals surface area (Å²) >= 11 is 0. The van der Waals surface area contributed by atoms with Crippen LogP contribution in [0.25, 0.3) is 0 Å². The molecule has 2 atom stereocenters. The van der Waals surface area contributed by atoms with Gasteiger partial charge in [-0.15, -0.1) is 0 Å². The quantitative estimate of drug-likeness (QED) is 0.515. The van der Waals surface area contributed by atoms with Gasteiger partial charge in [0, 0.05) is 13.8 Å². The Morgan fingerprint density at radius 2 is 1.00 bits per heavy atom. The van der Waals surface area contributed by atoms with E-state index in [0.717, 1.165) is 0 Å². The number of hydrogen-bond donors (Lipinski definition) is 2. The van der Waals surface area contributed by atoms with E-state index in [1.165, 1.54) is 27.7 Å². The van der Waals surface area contributed by atoms with E-state index in [0.29, 0.717) is 0 Å². The van der Waals surface area contributed by atoms with Crippen LogP contribution in [0.2, 0.25) is 0 Å². The summed E-state index contributed by atoms with van der Waals surface area (Å²) in [6.07, 6.45) is 0. The van der Waals surface area contributed by atoms with E-state index in [4.69, 9.17) is 0 Å². The zero-order valence-electron chi connectivity index (χ0n) is 10.9. The zero-order chi connectivity index (χ0) is 14.9. The summed E-state index contributed by atoms with van der Waals surface area (Å²) in [5, 5.41) is 24.1. The van der Waals surface area contributed by atoms with Gasteiger partial charge in [0.2, 0.25) is 11.8 Å². The SMILES string of the molecule is CC(=O)NC(C)C(=O)[O-].CC(=O)NC(C)C(=O)[O-].[Cu+2]. The Morgan fingerprint density at radius 1 is 0.789 bits per heavy atom. The van der Waals surface area contributed by atoms with Crippen LogP contribution in [-0.4, -0.2) is 35.8 Å². The van der Waals surface area contributed by atoms with E-state index in [-0.39, 0.29) is 28.9 Å². The number of carboxylic acid groups (broad SMARTS) is 2. The monoisotopic (exact) mass is 323 g/mol. The van der Waals surface area contributed by atoms with Crippen molar-refractivity contribution < 1.29 is 46.5 Å². The van der Waals surface area contributed by atoms with E-state index in [2.05, 4.69) is 10.6 Å². The second-order valence-corrected chi connectivity index (χ2v) is 3.48. The minimum absolute atomic E-state index is 0. The molecule has 0 bridgehead atoms. The fourth-order valence-electron chi connectivity index (χ4n) is 0.728. The van der Waals surface area contributed by atoms with Crippen molar-refractivity contribution in [3.05, 3.63) is 0 Å². The van der Waals surface area contributed by atoms with Crippen molar-refractivity contribution in [2.24, 2.45) is 0 Å². The number of aliphatic carboxylic acids is 2. The van der Waals surface area contributed by atoms with Crippen LogP contribution >= 0.6 is 0 Å². The van der Waals surface area contributed by atoms with Gasteiger partial charge in [-0.05, 0) is 13.8 Å². The standard InChI is InChI=1S/2C5H9NO3.Cu/c2*1-3(5(8)9)6-4(2)7;/h2*3H,1-2H3,(H,6,7)(H,8,9);/q;;+2/p-2. The van der Waals surface area contributed by atoms with Gasteiger partial charge in [-0.3, -0.25) is 9.59 Å². The van der Waals surface area contributed by atoms with Crippen LogP contribution in [0.5, 0.6) is 0 Å². The summed E-state index contributed by atoms with van der Waals surface area (Å²) in [5.74, 6) is -3.28. The molecule has 0 aliphatic carbocycles. The van der Waals surface area contributed by atoms with E-state index in [1.54, 1.807) is 0 Å². The summed E-state index contributed by atoms with van der Waals surface area (Å²) in [4.78, 5) is 40.1. The maximum absolute atomic E-state index is 10.2. The van der Waals surface area contributed by atoms with Crippen molar-refractivity contribution >= 4 is 23.8 Å². The summed E-state index contributed by atoms with van der Waals surface area (Å²) in [7, 11) is 0. The molecule has 9 heteroatoms. The van der Waals surface area contributed by atoms with Gasteiger partial charge in [0.15, 0.2) is 0 Å². The second kappa shape index (κ2) is 11.5. The van der Waals surface area contributed by atoms with Gasteiger partial charge in [0.1, 0.15) is 0 Å². The predicted molar refractivity (Wildman–Crippen MR) is 56.6 cm³/mol. The van der Waals surface area contributed by atoms with Crippen LogP contribution in [0, 0.1) is 0 Å². The first kappa shape index (κ1) is 22.6. The van der Waals surface area contributed by atoms with Crippen LogP contribution in [-0.2, 0) is 36.2 Å². The van der Waals surface area contributed by atoms with Gasteiger partial charge in [0.25, 0.3) is 0 Å². The molecular formula is C10H16CuN2O6. The molecule has 0 saturated carbocycles. The largest absolute Gasteiger partial charge is 2.00 e. The summed E-state index contributed by atoms with van der Waals surface area (Å²) < 4.78 is 0. The molecular weight excluding hydrogens is 308 g/mol. The molecule has 19 heavy (non-hydrogen) atoms. The van der Waals surface area contributed by atoms with E-state index >= 15 is 0 Å². The molecule has 0 rings (SSSR count). The number of carboxylic acids is 2. The first-order chi connectivity index (χ1) is 8.07. The normalized spacial score (nSPS) is 11.6. The van der Waals surface area contributed by atoms with Gasteiger partial charge in [-0.1, -0.05) is 0 Å². The molecule has 0 spiro atoms. The van der Waals surface area contributed by atoms with Gasteiger partial charge in [0.05, 0.1) is 24.0 Å². The number of amides is 2. The minimum Gasteiger partial charge on any atom is -0.548 e. The predicted octanol–water partition coefficient (Wildman–Crippen LogP) is -3.48. The average Bonchev–Trinajstić information content (AvgIpc) is 2.16. The first-order valence-electron chi connectivity index (χ1n) is 5.03. The maximum Gasteiger partial charge on any atom is 2.00 e. The molecule has 2 unspecified atom stereocenters. The zero-order valence-corrected chi connectivity index (χ0v) is 11.8. The number of carbonyl (C=O) groups excluding carboxylic acids is 4. The molecule has 2 N–H and O–H groups in total. The number of hydrogen-bond acceptors (Lipinski definition) is 6. The Bertz CT molecular complexity index is 302. The Labute approximate surface area is 121 Å². The molecule has 0 saturated heterocycles. The minimum atomic E-state index is -1.27. The van der Waals surface area contributed by atoms with Crippen molar-refractivity contribution in [2.75, 3.05) is 0 Å². The molecule has 2 amide bonds. The molecule has 1 radical (unpaired) electrons. The number of nitrogens with one attached hydrogen (secondary N) is 2. The second-order valence-electron chi connectivity index (χ2n) is 3.48. The van der Waals surface area contributed by atoms with Crippen LogP contribution in [0.1, 0.15) is 27.7 Å². The molecule has 0 aromatic carbocycles. The Hall–Kier alpha value is -1.60. The van der Waals surface area contributed by atoms with Crippen molar-refractivity contribution in [3.63, 3.8) is 0 Å². The van der Waals surface area contributed by atoms with E-state index < -0.39 is 24.0 Å². The molecule has 8 nitrogen and oxygen atoms in total. The summed E-state index contributed by atoms with van der Waals surface area (Å²) in [6.45, 7) is 5.19. The maximum atomic E-state index is 10.2. The van der Waals surface area contributed by atoms with Crippen LogP contribution in [0.4, 0.5) is 0 Å². The van der Waals surface area contributed by atoms with Crippen molar-refractivity contribution in [1.29, 1.82) is 0 Å². The van der Waals surface area contributed by atoms with E-state index in [1.807, 2.05) is 0 Å². The van der Waals surface area contributed by atoms with Crippen LogP contribution < -0.4 is 20.8 Å². The molecule has 0 fully saturated rings. The summed E-state index contributed by atoms with van der Waals surface area (Å²) in [6, 6.07) is -1.80. The van der Waals surface area contributed by atoms with Gasteiger partial charge >= 0.3 is 17.1 Å². The Kier molecular flexibility index (Phi) is 13.6. The van der Waals surface area contributed by atoms with Gasteiger partial charge in [-0.2, -0.15) is 0 Å². The topological polar surface area (TPSA) is 138 Å². The van der Waals surface area contributed by atoms with Gasteiger partial charge in [-0.25, -0.2) is 0 Å². The molecule has 0 aliphatic heterocycles. The fourth-order valence-corrected chi connectivity index (χ4v) is 0.728. The molecule has 113 valence electrons.